The Morgan fingerprint density at radius 1 is 1.36 bits per heavy atom. The topological polar surface area (TPSA) is 60.5 Å². The number of hydrogen-bond donors (Lipinski definition) is 1. The number of hydrogen-bond acceptors (Lipinski definition) is 5. The quantitative estimate of drug-likeness (QED) is 0.321. The Morgan fingerprint density at radius 2 is 2.14 bits per heavy atom. The molecule has 0 spiro atoms. The lowest BCUT2D eigenvalue weighted by molar-refractivity contribution is -0.142. The first-order valence-corrected chi connectivity index (χ1v) is 4.86. The van der Waals surface area contributed by atoms with Crippen molar-refractivity contribution in [1.82, 2.24) is 0 Å². The second-order valence-electron chi connectivity index (χ2n) is 3.06. The van der Waals surface area contributed by atoms with Gasteiger partial charge in [-0.1, -0.05) is 0 Å². The van der Waals surface area contributed by atoms with Crippen LogP contribution in [0.2, 0.25) is 0 Å². The minimum Gasteiger partial charge on any atom is -0.394 e. The summed E-state index contributed by atoms with van der Waals surface area (Å²) in [5.74, 6) is 0. The van der Waals surface area contributed by atoms with Gasteiger partial charge in [0.25, 0.3) is 0 Å². The summed E-state index contributed by atoms with van der Waals surface area (Å²) in [7, 11) is 0. The first-order valence-electron chi connectivity index (χ1n) is 4.86. The van der Waals surface area contributed by atoms with Gasteiger partial charge in [0.05, 0.1) is 39.6 Å². The van der Waals surface area contributed by atoms with E-state index in [1.54, 1.807) is 0 Å². The van der Waals surface area contributed by atoms with Gasteiger partial charge in [-0.05, 0) is 6.92 Å². The molecule has 5 heteroatoms. The molecule has 0 radical (unpaired) electrons. The summed E-state index contributed by atoms with van der Waals surface area (Å²) in [6.07, 6.45) is 0.0450. The molecule has 2 atom stereocenters. The van der Waals surface area contributed by atoms with E-state index in [0.29, 0.717) is 26.4 Å². The van der Waals surface area contributed by atoms with E-state index in [1.807, 2.05) is 6.92 Å². The van der Waals surface area contributed by atoms with Crippen molar-refractivity contribution in [2.24, 2.45) is 0 Å². The molecular weight excluding hydrogens is 188 g/mol. The van der Waals surface area contributed by atoms with Crippen molar-refractivity contribution in [2.75, 3.05) is 39.6 Å². The molecule has 14 heavy (non-hydrogen) atoms. The Morgan fingerprint density at radius 3 is 2.79 bits per heavy atom. The minimum absolute atomic E-state index is 0.0467. The first-order chi connectivity index (χ1) is 6.83. The van der Waals surface area contributed by atoms with Crippen LogP contribution in [-0.2, 0) is 18.9 Å². The summed E-state index contributed by atoms with van der Waals surface area (Å²) in [6, 6.07) is 0. The average molecular weight is 206 g/mol. The summed E-state index contributed by atoms with van der Waals surface area (Å²) in [5, 5.41) is 8.42. The molecule has 0 bridgehead atoms. The number of epoxide rings is 1. The van der Waals surface area contributed by atoms with Crippen LogP contribution in [-0.4, -0.2) is 57.1 Å². The Kier molecular flexibility index (Phi) is 6.05. The smallest absolute Gasteiger partial charge is 0.155 e. The van der Waals surface area contributed by atoms with Gasteiger partial charge in [-0.15, -0.1) is 0 Å². The van der Waals surface area contributed by atoms with Gasteiger partial charge >= 0.3 is 0 Å². The molecule has 84 valence electrons. The molecule has 1 aliphatic rings. The highest BCUT2D eigenvalue weighted by atomic mass is 16.7. The van der Waals surface area contributed by atoms with Gasteiger partial charge in [0.15, 0.2) is 6.29 Å². The summed E-state index contributed by atoms with van der Waals surface area (Å²) < 4.78 is 20.6. The lowest BCUT2D eigenvalue weighted by Crippen LogP contribution is -2.19. The van der Waals surface area contributed by atoms with Crippen molar-refractivity contribution in [3.8, 4) is 0 Å². The Bertz CT molecular complexity index is 137. The molecule has 0 amide bonds. The standard InChI is InChI=1S/C9H18O5/c1-8(13-6-9-7-14-9)12-5-4-11-3-2-10/h8-10H,2-7H2,1H3. The van der Waals surface area contributed by atoms with Crippen molar-refractivity contribution in [2.45, 2.75) is 19.3 Å². The van der Waals surface area contributed by atoms with Gasteiger partial charge in [0.2, 0.25) is 0 Å². The van der Waals surface area contributed by atoms with E-state index in [2.05, 4.69) is 0 Å². The van der Waals surface area contributed by atoms with Crippen LogP contribution in [0.4, 0.5) is 0 Å². The van der Waals surface area contributed by atoms with E-state index >= 15 is 0 Å². The summed E-state index contributed by atoms with van der Waals surface area (Å²) in [5.41, 5.74) is 0. The van der Waals surface area contributed by atoms with Crippen LogP contribution in [0.5, 0.6) is 0 Å². The van der Waals surface area contributed by atoms with Crippen LogP contribution in [0.25, 0.3) is 0 Å². The zero-order chi connectivity index (χ0) is 10.2. The van der Waals surface area contributed by atoms with Gasteiger partial charge in [0.1, 0.15) is 6.10 Å². The highest BCUT2D eigenvalue weighted by molar-refractivity contribution is 4.67. The lowest BCUT2D eigenvalue weighted by atomic mass is 10.5. The molecule has 0 aromatic heterocycles. The summed E-state index contributed by atoms with van der Waals surface area (Å²) in [6.45, 7) is 4.60. The van der Waals surface area contributed by atoms with Crippen molar-refractivity contribution < 1.29 is 24.1 Å². The minimum atomic E-state index is -0.225. The molecule has 1 saturated heterocycles. The van der Waals surface area contributed by atoms with E-state index in [9.17, 15) is 0 Å². The van der Waals surface area contributed by atoms with E-state index in [4.69, 9.17) is 24.1 Å². The maximum absolute atomic E-state index is 8.42. The average Bonchev–Trinajstić information content (AvgIpc) is 2.98. The second-order valence-corrected chi connectivity index (χ2v) is 3.06. The van der Waals surface area contributed by atoms with Crippen molar-refractivity contribution in [3.63, 3.8) is 0 Å². The first kappa shape index (κ1) is 11.9. The SMILES string of the molecule is CC(OCCOCCO)OCC1CO1. The Labute approximate surface area is 83.9 Å². The second kappa shape index (κ2) is 7.14. The number of rotatable bonds is 9. The predicted octanol–water partition coefficient (Wildman–Crippen LogP) is -0.227. The molecule has 1 rings (SSSR count). The highest BCUT2D eigenvalue weighted by Crippen LogP contribution is 2.09. The normalized spacial score (nSPS) is 22.3. The lowest BCUT2D eigenvalue weighted by Gasteiger charge is -2.13. The predicted molar refractivity (Wildman–Crippen MR) is 49.0 cm³/mol. The molecular formula is C9H18O5. The van der Waals surface area contributed by atoms with Crippen molar-refractivity contribution >= 4 is 0 Å². The van der Waals surface area contributed by atoms with Crippen molar-refractivity contribution in [3.05, 3.63) is 0 Å². The van der Waals surface area contributed by atoms with E-state index in [-0.39, 0.29) is 19.0 Å². The van der Waals surface area contributed by atoms with Crippen LogP contribution in [0.15, 0.2) is 0 Å². The maximum Gasteiger partial charge on any atom is 0.155 e. The number of ether oxygens (including phenoxy) is 4. The molecule has 5 nitrogen and oxygen atoms in total. The van der Waals surface area contributed by atoms with E-state index < -0.39 is 0 Å². The highest BCUT2D eigenvalue weighted by Gasteiger charge is 2.23. The van der Waals surface area contributed by atoms with Gasteiger partial charge in [-0.25, -0.2) is 0 Å². The molecule has 0 aliphatic carbocycles. The zero-order valence-electron chi connectivity index (χ0n) is 8.48. The summed E-state index contributed by atoms with van der Waals surface area (Å²) >= 11 is 0. The number of aliphatic hydroxyl groups is 1. The molecule has 1 N–H and O–H groups in total. The molecule has 1 aliphatic heterocycles. The van der Waals surface area contributed by atoms with E-state index in [1.165, 1.54) is 0 Å². The summed E-state index contributed by atoms with van der Waals surface area (Å²) in [4.78, 5) is 0. The molecule has 1 heterocycles. The van der Waals surface area contributed by atoms with Crippen LogP contribution < -0.4 is 0 Å². The Hall–Kier alpha value is -0.200. The van der Waals surface area contributed by atoms with Gasteiger partial charge < -0.3 is 24.1 Å². The van der Waals surface area contributed by atoms with Gasteiger partial charge in [0, 0.05) is 0 Å². The van der Waals surface area contributed by atoms with E-state index in [0.717, 1.165) is 6.61 Å². The fourth-order valence-corrected chi connectivity index (χ4v) is 0.895. The van der Waals surface area contributed by atoms with Gasteiger partial charge in [-0.3, -0.25) is 0 Å². The monoisotopic (exact) mass is 206 g/mol. The maximum atomic E-state index is 8.42. The zero-order valence-corrected chi connectivity index (χ0v) is 8.48. The van der Waals surface area contributed by atoms with Gasteiger partial charge in [-0.2, -0.15) is 0 Å². The third kappa shape index (κ3) is 6.28. The molecule has 0 aromatic rings. The Balaban J connectivity index is 1.79. The molecule has 1 fully saturated rings. The van der Waals surface area contributed by atoms with Crippen LogP contribution in [0.3, 0.4) is 0 Å². The van der Waals surface area contributed by atoms with Crippen molar-refractivity contribution in [1.29, 1.82) is 0 Å². The molecule has 2 unspecified atom stereocenters. The fourth-order valence-electron chi connectivity index (χ4n) is 0.895. The van der Waals surface area contributed by atoms with Crippen LogP contribution in [0, 0.1) is 0 Å². The molecule has 0 saturated carbocycles. The number of aliphatic hydroxyl groups excluding tert-OH is 1. The molecule has 0 aromatic carbocycles. The fraction of sp³-hybridized carbons (Fsp3) is 1.00. The third-order valence-electron chi connectivity index (χ3n) is 1.74. The van der Waals surface area contributed by atoms with Crippen LogP contribution in [0.1, 0.15) is 6.92 Å². The largest absolute Gasteiger partial charge is 0.394 e. The van der Waals surface area contributed by atoms with Crippen LogP contribution >= 0.6 is 0 Å². The third-order valence-corrected chi connectivity index (χ3v) is 1.74.